The van der Waals surface area contributed by atoms with Crippen molar-refractivity contribution in [3.05, 3.63) is 54.6 Å². The van der Waals surface area contributed by atoms with Gasteiger partial charge in [-0.15, -0.1) is 0 Å². The summed E-state index contributed by atoms with van der Waals surface area (Å²) >= 11 is 0. The lowest BCUT2D eigenvalue weighted by Gasteiger charge is -2.23. The van der Waals surface area contributed by atoms with Gasteiger partial charge < -0.3 is 14.8 Å². The Morgan fingerprint density at radius 2 is 1.67 bits per heavy atom. The number of nitrogens with one attached hydrogen (secondary N) is 1. The highest BCUT2D eigenvalue weighted by Gasteiger charge is 2.43. The molecule has 3 amide bonds. The Balaban J connectivity index is 1.63. The molecule has 0 saturated carbocycles. The van der Waals surface area contributed by atoms with Crippen molar-refractivity contribution < 1.29 is 19.1 Å². The second-order valence-electron chi connectivity index (χ2n) is 6.78. The average molecular weight is 366 g/mol. The number of urea groups is 1. The molecule has 0 aliphatic carbocycles. The second kappa shape index (κ2) is 8.03. The summed E-state index contributed by atoms with van der Waals surface area (Å²) in [6, 6.07) is 15.4. The molecule has 1 saturated heterocycles. The smallest absolute Gasteiger partial charge is 0.325 e. The number of rotatable bonds is 7. The first kappa shape index (κ1) is 18.6. The Morgan fingerprint density at radius 1 is 1.04 bits per heavy atom. The molecule has 27 heavy (non-hydrogen) atoms. The van der Waals surface area contributed by atoms with Crippen LogP contribution in [0.2, 0.25) is 0 Å². The van der Waals surface area contributed by atoms with E-state index in [1.54, 1.807) is 13.8 Å². The summed E-state index contributed by atoms with van der Waals surface area (Å²) in [5, 5.41) is 2.58. The quantitative estimate of drug-likeness (QED) is 0.604. The van der Waals surface area contributed by atoms with E-state index in [4.69, 9.17) is 4.74 Å². The molecule has 2 aromatic rings. The molecule has 1 aliphatic heterocycles. The SMILES string of the molecule is CC(C)C(C=O)N1C(=O)NC(COc2ccc(-c3ccccc3)cc2)C1=O. The van der Waals surface area contributed by atoms with Gasteiger partial charge in [0.25, 0.3) is 5.91 Å². The predicted molar refractivity (Wildman–Crippen MR) is 101 cm³/mol. The lowest BCUT2D eigenvalue weighted by molar-refractivity contribution is -0.133. The zero-order chi connectivity index (χ0) is 19.4. The molecular weight excluding hydrogens is 344 g/mol. The highest BCUT2D eigenvalue weighted by atomic mass is 16.5. The number of imide groups is 1. The van der Waals surface area contributed by atoms with Gasteiger partial charge in [-0.25, -0.2) is 4.79 Å². The summed E-state index contributed by atoms with van der Waals surface area (Å²) in [6.07, 6.45) is 0.633. The van der Waals surface area contributed by atoms with Crippen LogP contribution in [0.15, 0.2) is 54.6 Å². The van der Waals surface area contributed by atoms with Crippen LogP contribution in [0.25, 0.3) is 11.1 Å². The van der Waals surface area contributed by atoms with Crippen LogP contribution >= 0.6 is 0 Å². The van der Waals surface area contributed by atoms with Crippen molar-refractivity contribution in [3.8, 4) is 16.9 Å². The van der Waals surface area contributed by atoms with Crippen LogP contribution in [0.5, 0.6) is 5.75 Å². The van der Waals surface area contributed by atoms with Crippen molar-refractivity contribution in [1.82, 2.24) is 10.2 Å². The van der Waals surface area contributed by atoms with E-state index in [2.05, 4.69) is 5.32 Å². The number of benzene rings is 2. The summed E-state index contributed by atoms with van der Waals surface area (Å²) in [7, 11) is 0. The number of nitrogens with zero attached hydrogens (tertiary/aromatic N) is 1. The summed E-state index contributed by atoms with van der Waals surface area (Å²) in [5.41, 5.74) is 2.16. The molecule has 0 spiro atoms. The minimum Gasteiger partial charge on any atom is -0.491 e. The van der Waals surface area contributed by atoms with E-state index >= 15 is 0 Å². The third kappa shape index (κ3) is 4.00. The fraction of sp³-hybridized carbons (Fsp3) is 0.286. The first-order chi connectivity index (χ1) is 13.0. The van der Waals surface area contributed by atoms with Crippen molar-refractivity contribution in [1.29, 1.82) is 0 Å². The summed E-state index contributed by atoms with van der Waals surface area (Å²) in [4.78, 5) is 36.8. The van der Waals surface area contributed by atoms with Gasteiger partial charge in [-0.2, -0.15) is 0 Å². The van der Waals surface area contributed by atoms with E-state index in [0.29, 0.717) is 12.0 Å². The molecule has 1 heterocycles. The fourth-order valence-corrected chi connectivity index (χ4v) is 3.01. The highest BCUT2D eigenvalue weighted by molar-refractivity contribution is 6.06. The van der Waals surface area contributed by atoms with E-state index in [-0.39, 0.29) is 12.5 Å². The van der Waals surface area contributed by atoms with Crippen molar-refractivity contribution in [3.63, 3.8) is 0 Å². The predicted octanol–water partition coefficient (Wildman–Crippen LogP) is 2.88. The van der Waals surface area contributed by atoms with Crippen LogP contribution in [0, 0.1) is 5.92 Å². The molecule has 6 heteroatoms. The van der Waals surface area contributed by atoms with Gasteiger partial charge in [0.15, 0.2) is 0 Å². The molecular formula is C21H22N2O4. The normalized spacial score (nSPS) is 17.7. The topological polar surface area (TPSA) is 75.7 Å². The minimum atomic E-state index is -0.799. The van der Waals surface area contributed by atoms with Crippen molar-refractivity contribution in [2.45, 2.75) is 25.9 Å². The van der Waals surface area contributed by atoms with Crippen molar-refractivity contribution in [2.75, 3.05) is 6.61 Å². The van der Waals surface area contributed by atoms with Crippen LogP contribution in [0.3, 0.4) is 0 Å². The maximum atomic E-state index is 12.5. The van der Waals surface area contributed by atoms with E-state index in [1.807, 2.05) is 54.6 Å². The Hall–Kier alpha value is -3.15. The maximum absolute atomic E-state index is 12.5. The third-order valence-electron chi connectivity index (χ3n) is 4.55. The maximum Gasteiger partial charge on any atom is 0.325 e. The standard InChI is InChI=1S/C21H22N2O4/c1-14(2)19(12-24)23-20(25)18(22-21(23)26)13-27-17-10-8-16(9-11-17)15-6-4-3-5-7-15/h3-12,14,18-19H,13H2,1-2H3,(H,22,26). The van der Waals surface area contributed by atoms with Gasteiger partial charge in [-0.1, -0.05) is 56.3 Å². The summed E-state index contributed by atoms with van der Waals surface area (Å²) < 4.78 is 5.67. The van der Waals surface area contributed by atoms with Crippen molar-refractivity contribution in [2.24, 2.45) is 5.92 Å². The lowest BCUT2D eigenvalue weighted by Crippen LogP contribution is -2.45. The van der Waals surface area contributed by atoms with Crippen LogP contribution in [0.1, 0.15) is 13.8 Å². The summed E-state index contributed by atoms with van der Waals surface area (Å²) in [6.45, 7) is 3.59. The number of aldehydes is 1. The van der Waals surface area contributed by atoms with Gasteiger partial charge in [-0.3, -0.25) is 9.69 Å². The van der Waals surface area contributed by atoms with Gasteiger partial charge >= 0.3 is 6.03 Å². The molecule has 0 bridgehead atoms. The molecule has 140 valence electrons. The molecule has 0 radical (unpaired) electrons. The van der Waals surface area contributed by atoms with Crippen LogP contribution in [-0.4, -0.2) is 41.8 Å². The second-order valence-corrected chi connectivity index (χ2v) is 6.78. The number of hydrogen-bond donors (Lipinski definition) is 1. The molecule has 2 aromatic carbocycles. The van der Waals surface area contributed by atoms with Crippen LogP contribution in [0.4, 0.5) is 4.79 Å². The first-order valence-electron chi connectivity index (χ1n) is 8.88. The van der Waals surface area contributed by atoms with Crippen molar-refractivity contribution >= 4 is 18.2 Å². The van der Waals surface area contributed by atoms with E-state index in [9.17, 15) is 14.4 Å². The van der Waals surface area contributed by atoms with E-state index in [0.717, 1.165) is 16.0 Å². The Kier molecular flexibility index (Phi) is 5.54. The lowest BCUT2D eigenvalue weighted by atomic mass is 10.0. The first-order valence-corrected chi connectivity index (χ1v) is 8.88. The molecule has 1 N–H and O–H groups in total. The number of carbonyl (C=O) groups is 3. The minimum absolute atomic E-state index is 0.00935. The molecule has 0 aromatic heterocycles. The van der Waals surface area contributed by atoms with E-state index < -0.39 is 24.0 Å². The number of amides is 3. The Morgan fingerprint density at radius 3 is 2.26 bits per heavy atom. The number of hydrogen-bond acceptors (Lipinski definition) is 4. The Labute approximate surface area is 158 Å². The van der Waals surface area contributed by atoms with Gasteiger partial charge in [-0.05, 0) is 29.2 Å². The zero-order valence-corrected chi connectivity index (χ0v) is 15.3. The Bertz CT molecular complexity index is 818. The average Bonchev–Trinajstić information content (AvgIpc) is 2.96. The molecule has 3 rings (SSSR count). The highest BCUT2D eigenvalue weighted by Crippen LogP contribution is 2.23. The monoisotopic (exact) mass is 366 g/mol. The van der Waals surface area contributed by atoms with Crippen LogP contribution in [-0.2, 0) is 9.59 Å². The largest absolute Gasteiger partial charge is 0.491 e. The van der Waals surface area contributed by atoms with E-state index in [1.165, 1.54) is 0 Å². The molecule has 6 nitrogen and oxygen atoms in total. The van der Waals surface area contributed by atoms with Gasteiger partial charge in [0, 0.05) is 0 Å². The molecule has 1 aliphatic rings. The molecule has 2 unspecified atom stereocenters. The number of ether oxygens (including phenoxy) is 1. The molecule has 1 fully saturated rings. The fourth-order valence-electron chi connectivity index (χ4n) is 3.01. The van der Waals surface area contributed by atoms with Crippen LogP contribution < -0.4 is 10.1 Å². The third-order valence-corrected chi connectivity index (χ3v) is 4.55. The zero-order valence-electron chi connectivity index (χ0n) is 15.3. The summed E-state index contributed by atoms with van der Waals surface area (Å²) in [5.74, 6) is 0.0140. The number of carbonyl (C=O) groups excluding carboxylic acids is 3. The van der Waals surface area contributed by atoms with Gasteiger partial charge in [0.05, 0.1) is 6.04 Å². The van der Waals surface area contributed by atoms with Gasteiger partial charge in [0.2, 0.25) is 0 Å². The van der Waals surface area contributed by atoms with Gasteiger partial charge in [0.1, 0.15) is 24.7 Å². The molecule has 2 atom stereocenters.